The summed E-state index contributed by atoms with van der Waals surface area (Å²) >= 11 is 12.3. The van der Waals surface area contributed by atoms with Gasteiger partial charge in [-0.3, -0.25) is 4.72 Å². The zero-order valence-corrected chi connectivity index (χ0v) is 24.3. The number of nitrogens with one attached hydrogen (secondary N) is 3. The molecule has 212 valence electrons. The Balaban J connectivity index is 1.36. The van der Waals surface area contributed by atoms with Crippen molar-refractivity contribution in [1.82, 2.24) is 10.3 Å². The Bertz CT molecular complexity index is 1650. The number of halogens is 3. The van der Waals surface area contributed by atoms with Crippen LogP contribution in [0.25, 0.3) is 10.9 Å². The second-order valence-electron chi connectivity index (χ2n) is 9.95. The van der Waals surface area contributed by atoms with Crippen LogP contribution in [0.4, 0.5) is 14.9 Å². The molecule has 1 heterocycles. The standard InChI is InChI=1S/C28H28Cl2FN3O5S/c1-28(2,3)39-27(35)33-15-18-6-4-5-17(13-18)11-12-38-19-7-10-24(22(31)14-19)40(36,37)34-23-9-8-20(29)25-21(30)16-32-26(23)25/h4-10,13-14,16,32,34H,11-12,15H2,1-3H3,(H,33,35). The van der Waals surface area contributed by atoms with Gasteiger partial charge in [0, 0.05) is 30.6 Å². The summed E-state index contributed by atoms with van der Waals surface area (Å²) in [6.07, 6.45) is 1.49. The minimum Gasteiger partial charge on any atom is -0.493 e. The predicted molar refractivity (Wildman–Crippen MR) is 154 cm³/mol. The van der Waals surface area contributed by atoms with E-state index < -0.39 is 32.4 Å². The number of amides is 1. The van der Waals surface area contributed by atoms with Gasteiger partial charge in [0.25, 0.3) is 10.0 Å². The summed E-state index contributed by atoms with van der Waals surface area (Å²) in [6.45, 7) is 5.91. The molecule has 0 atom stereocenters. The van der Waals surface area contributed by atoms with Crippen LogP contribution >= 0.6 is 23.2 Å². The Kier molecular flexibility index (Phi) is 8.82. The molecule has 0 saturated heterocycles. The molecule has 0 bridgehead atoms. The first kappa shape index (κ1) is 29.5. The normalized spacial score (nSPS) is 11.8. The van der Waals surface area contributed by atoms with Gasteiger partial charge in [-0.25, -0.2) is 17.6 Å². The number of anilines is 1. The van der Waals surface area contributed by atoms with Gasteiger partial charge in [0.15, 0.2) is 0 Å². The first-order valence-electron chi connectivity index (χ1n) is 12.3. The summed E-state index contributed by atoms with van der Waals surface area (Å²) < 4.78 is 54.1. The molecular weight excluding hydrogens is 580 g/mol. The van der Waals surface area contributed by atoms with Crippen molar-refractivity contribution >= 4 is 55.9 Å². The maximum atomic E-state index is 14.9. The van der Waals surface area contributed by atoms with Gasteiger partial charge in [-0.2, -0.15) is 0 Å². The monoisotopic (exact) mass is 607 g/mol. The Morgan fingerprint density at radius 1 is 1.02 bits per heavy atom. The van der Waals surface area contributed by atoms with Crippen LogP contribution in [0.15, 0.2) is 65.7 Å². The van der Waals surface area contributed by atoms with Crippen molar-refractivity contribution in [3.8, 4) is 5.75 Å². The van der Waals surface area contributed by atoms with E-state index in [2.05, 4.69) is 15.0 Å². The van der Waals surface area contributed by atoms with Crippen molar-refractivity contribution in [2.75, 3.05) is 11.3 Å². The van der Waals surface area contributed by atoms with E-state index in [-0.39, 0.29) is 18.0 Å². The average molecular weight is 609 g/mol. The van der Waals surface area contributed by atoms with Crippen molar-refractivity contribution < 1.29 is 27.1 Å². The molecule has 1 amide bonds. The van der Waals surface area contributed by atoms with Crippen molar-refractivity contribution in [2.24, 2.45) is 0 Å². The number of fused-ring (bicyclic) bond motifs is 1. The number of aromatic nitrogens is 1. The van der Waals surface area contributed by atoms with Gasteiger partial charge in [-0.1, -0.05) is 47.5 Å². The topological polar surface area (TPSA) is 110 Å². The summed E-state index contributed by atoms with van der Waals surface area (Å²) in [6, 6.07) is 14.1. The largest absolute Gasteiger partial charge is 0.493 e. The third-order valence-electron chi connectivity index (χ3n) is 5.66. The van der Waals surface area contributed by atoms with Gasteiger partial charge in [0.05, 0.1) is 27.9 Å². The molecule has 0 radical (unpaired) electrons. The van der Waals surface area contributed by atoms with Crippen molar-refractivity contribution in [2.45, 2.75) is 44.2 Å². The van der Waals surface area contributed by atoms with Crippen LogP contribution in [-0.2, 0) is 27.7 Å². The van der Waals surface area contributed by atoms with Crippen LogP contribution in [-0.4, -0.2) is 31.7 Å². The molecule has 0 aliphatic carbocycles. The number of alkyl carbamates (subject to hydrolysis) is 1. The molecule has 0 aliphatic rings. The van der Waals surface area contributed by atoms with Gasteiger partial charge < -0.3 is 19.8 Å². The van der Waals surface area contributed by atoms with Crippen molar-refractivity contribution in [3.05, 3.63) is 87.8 Å². The number of carbonyl (C=O) groups excluding carboxylic acids is 1. The second-order valence-corrected chi connectivity index (χ2v) is 12.4. The Labute approximate surface area is 241 Å². The molecule has 0 saturated carbocycles. The van der Waals surface area contributed by atoms with Crippen LogP contribution in [0.1, 0.15) is 31.9 Å². The number of aromatic amines is 1. The highest BCUT2D eigenvalue weighted by Crippen LogP contribution is 2.35. The Morgan fingerprint density at radius 3 is 2.50 bits per heavy atom. The maximum absolute atomic E-state index is 14.9. The van der Waals surface area contributed by atoms with E-state index in [1.54, 1.807) is 20.8 Å². The highest BCUT2D eigenvalue weighted by atomic mass is 35.5. The predicted octanol–water partition coefficient (Wildman–Crippen LogP) is 7.06. The second kappa shape index (κ2) is 12.0. The number of rotatable bonds is 9. The van der Waals surface area contributed by atoms with Gasteiger partial charge in [-0.05, 0) is 56.2 Å². The lowest BCUT2D eigenvalue weighted by Crippen LogP contribution is -2.32. The molecule has 0 fully saturated rings. The SMILES string of the molecule is CC(C)(C)OC(=O)NCc1cccc(CCOc2ccc(S(=O)(=O)Nc3ccc(Cl)c4c(Cl)c[nH]c34)c(F)c2)c1. The van der Waals surface area contributed by atoms with Gasteiger partial charge in [-0.15, -0.1) is 0 Å². The van der Waals surface area contributed by atoms with Crippen LogP contribution in [0.5, 0.6) is 5.75 Å². The zero-order valence-electron chi connectivity index (χ0n) is 22.0. The van der Waals surface area contributed by atoms with E-state index in [1.165, 1.54) is 24.4 Å². The molecule has 8 nitrogen and oxygen atoms in total. The minimum atomic E-state index is -4.27. The number of benzene rings is 3. The maximum Gasteiger partial charge on any atom is 0.407 e. The van der Waals surface area contributed by atoms with Crippen molar-refractivity contribution in [3.63, 3.8) is 0 Å². The van der Waals surface area contributed by atoms with Crippen LogP contribution < -0.4 is 14.8 Å². The number of hydrogen-bond donors (Lipinski definition) is 3. The number of H-pyrrole nitrogens is 1. The lowest BCUT2D eigenvalue weighted by atomic mass is 10.1. The van der Waals surface area contributed by atoms with Gasteiger partial charge >= 0.3 is 6.09 Å². The molecule has 1 aromatic heterocycles. The first-order valence-corrected chi connectivity index (χ1v) is 14.5. The summed E-state index contributed by atoms with van der Waals surface area (Å²) in [5, 5.41) is 3.85. The fourth-order valence-corrected chi connectivity index (χ4v) is 5.60. The quantitative estimate of drug-likeness (QED) is 0.189. The van der Waals surface area contributed by atoms with E-state index in [1.807, 2.05) is 24.3 Å². The molecule has 4 aromatic rings. The fourth-order valence-electron chi connectivity index (χ4n) is 3.91. The number of ether oxygens (including phenoxy) is 2. The smallest absolute Gasteiger partial charge is 0.407 e. The third kappa shape index (κ3) is 7.38. The summed E-state index contributed by atoms with van der Waals surface area (Å²) in [5.74, 6) is -0.779. The molecule has 3 N–H and O–H groups in total. The highest BCUT2D eigenvalue weighted by molar-refractivity contribution is 7.92. The Morgan fingerprint density at radius 2 is 1.77 bits per heavy atom. The Hall–Kier alpha value is -3.47. The molecular formula is C28H28Cl2FN3O5S. The average Bonchev–Trinajstić information content (AvgIpc) is 3.26. The number of carbonyl (C=O) groups is 1. The van der Waals surface area contributed by atoms with E-state index in [9.17, 15) is 17.6 Å². The van der Waals surface area contributed by atoms with Crippen LogP contribution in [0, 0.1) is 5.82 Å². The molecule has 0 unspecified atom stereocenters. The molecule has 3 aromatic carbocycles. The van der Waals surface area contributed by atoms with E-state index in [4.69, 9.17) is 32.7 Å². The van der Waals surface area contributed by atoms with E-state index >= 15 is 0 Å². The highest BCUT2D eigenvalue weighted by Gasteiger charge is 2.22. The van der Waals surface area contributed by atoms with Crippen LogP contribution in [0.2, 0.25) is 10.0 Å². The van der Waals surface area contributed by atoms with E-state index in [0.717, 1.165) is 23.3 Å². The minimum absolute atomic E-state index is 0.176. The molecule has 0 aliphatic heterocycles. The lowest BCUT2D eigenvalue weighted by Gasteiger charge is -2.19. The van der Waals surface area contributed by atoms with Crippen LogP contribution in [0.3, 0.4) is 0 Å². The number of sulfonamides is 1. The summed E-state index contributed by atoms with van der Waals surface area (Å²) in [5.41, 5.74) is 1.81. The zero-order chi connectivity index (χ0) is 29.1. The van der Waals surface area contributed by atoms with Gasteiger partial charge in [0.2, 0.25) is 0 Å². The lowest BCUT2D eigenvalue weighted by molar-refractivity contribution is 0.0523. The molecule has 0 spiro atoms. The number of hydrogen-bond acceptors (Lipinski definition) is 5. The molecule has 40 heavy (non-hydrogen) atoms. The van der Waals surface area contributed by atoms with Gasteiger partial charge in [0.1, 0.15) is 22.1 Å². The molecule has 12 heteroatoms. The summed E-state index contributed by atoms with van der Waals surface area (Å²) in [4.78, 5) is 14.2. The third-order valence-corrected chi connectivity index (χ3v) is 7.67. The summed E-state index contributed by atoms with van der Waals surface area (Å²) in [7, 11) is -4.27. The fraction of sp³-hybridized carbons (Fsp3) is 0.250. The molecule has 4 rings (SSSR count). The van der Waals surface area contributed by atoms with E-state index in [0.29, 0.717) is 33.9 Å². The first-order chi connectivity index (χ1) is 18.8. The van der Waals surface area contributed by atoms with Crippen molar-refractivity contribution in [1.29, 1.82) is 0 Å².